The van der Waals surface area contributed by atoms with E-state index in [9.17, 15) is 14.4 Å². The van der Waals surface area contributed by atoms with Crippen molar-refractivity contribution >= 4 is 17.9 Å². The second-order valence-corrected chi connectivity index (χ2v) is 19.9. The molecule has 0 aromatic carbocycles. The Bertz CT molecular complexity index is 1370. The average molecular weight is 990 g/mol. The van der Waals surface area contributed by atoms with Gasteiger partial charge in [0.25, 0.3) is 0 Å². The largest absolute Gasteiger partial charge is 0.462 e. The van der Waals surface area contributed by atoms with Gasteiger partial charge >= 0.3 is 17.9 Å². The molecule has 0 aromatic heterocycles. The van der Waals surface area contributed by atoms with Crippen molar-refractivity contribution < 1.29 is 28.6 Å². The molecule has 0 saturated carbocycles. The van der Waals surface area contributed by atoms with E-state index in [4.69, 9.17) is 14.2 Å². The van der Waals surface area contributed by atoms with Gasteiger partial charge in [-0.2, -0.15) is 0 Å². The van der Waals surface area contributed by atoms with Crippen LogP contribution in [-0.2, 0) is 28.6 Å². The van der Waals surface area contributed by atoms with Gasteiger partial charge in [-0.15, -0.1) is 0 Å². The van der Waals surface area contributed by atoms with Gasteiger partial charge in [-0.05, 0) is 122 Å². The Morgan fingerprint density at radius 2 is 0.507 bits per heavy atom. The van der Waals surface area contributed by atoms with Gasteiger partial charge in [-0.1, -0.05) is 234 Å². The van der Waals surface area contributed by atoms with Crippen LogP contribution in [0.25, 0.3) is 0 Å². The topological polar surface area (TPSA) is 78.9 Å². The van der Waals surface area contributed by atoms with Gasteiger partial charge < -0.3 is 14.2 Å². The van der Waals surface area contributed by atoms with Crippen molar-refractivity contribution in [1.82, 2.24) is 0 Å². The molecule has 0 aromatic rings. The van der Waals surface area contributed by atoms with Crippen molar-refractivity contribution in [2.45, 2.75) is 297 Å². The maximum atomic E-state index is 12.9. The lowest BCUT2D eigenvalue weighted by molar-refractivity contribution is -0.167. The number of unbranched alkanes of at least 4 members (excludes halogenated alkanes) is 29. The summed E-state index contributed by atoms with van der Waals surface area (Å²) in [7, 11) is 0. The van der Waals surface area contributed by atoms with Gasteiger partial charge in [0, 0.05) is 19.3 Å². The van der Waals surface area contributed by atoms with Crippen molar-refractivity contribution in [2.75, 3.05) is 13.2 Å². The van der Waals surface area contributed by atoms with Gasteiger partial charge in [-0.25, -0.2) is 0 Å². The Kier molecular flexibility index (Phi) is 56.3. The molecule has 0 fully saturated rings. The van der Waals surface area contributed by atoms with E-state index < -0.39 is 6.10 Å². The summed E-state index contributed by atoms with van der Waals surface area (Å²) in [4.78, 5) is 38.2. The number of carbonyl (C=O) groups excluding carboxylic acids is 3. The smallest absolute Gasteiger partial charge is 0.306 e. The third-order valence-corrected chi connectivity index (χ3v) is 12.8. The lowest BCUT2D eigenvalue weighted by Crippen LogP contribution is -2.30. The third kappa shape index (κ3) is 57.4. The lowest BCUT2D eigenvalue weighted by Gasteiger charge is -2.18. The Balaban J connectivity index is 4.44. The molecule has 0 unspecified atom stereocenters. The maximum Gasteiger partial charge on any atom is 0.306 e. The van der Waals surface area contributed by atoms with Gasteiger partial charge in [0.15, 0.2) is 6.10 Å². The fourth-order valence-corrected chi connectivity index (χ4v) is 8.27. The van der Waals surface area contributed by atoms with Crippen LogP contribution >= 0.6 is 0 Å². The first-order valence-electron chi connectivity index (χ1n) is 30.1. The third-order valence-electron chi connectivity index (χ3n) is 12.8. The summed E-state index contributed by atoms with van der Waals surface area (Å²) in [5.74, 6) is -0.929. The highest BCUT2D eigenvalue weighted by atomic mass is 16.6. The van der Waals surface area contributed by atoms with Crippen LogP contribution < -0.4 is 0 Å². The zero-order valence-corrected chi connectivity index (χ0v) is 46.7. The summed E-state index contributed by atoms with van der Waals surface area (Å²) < 4.78 is 16.9. The molecule has 0 amide bonds. The highest BCUT2D eigenvalue weighted by Gasteiger charge is 2.19. The molecule has 0 radical (unpaired) electrons. The molecule has 0 heterocycles. The van der Waals surface area contributed by atoms with Gasteiger partial charge in [0.05, 0.1) is 0 Å². The van der Waals surface area contributed by atoms with Crippen LogP contribution in [0.2, 0.25) is 0 Å². The second kappa shape index (κ2) is 59.2. The van der Waals surface area contributed by atoms with Crippen molar-refractivity contribution in [3.05, 3.63) is 85.1 Å². The minimum Gasteiger partial charge on any atom is -0.462 e. The van der Waals surface area contributed by atoms with E-state index in [2.05, 4.69) is 106 Å². The molecule has 408 valence electrons. The van der Waals surface area contributed by atoms with Crippen LogP contribution in [0.3, 0.4) is 0 Å². The molecule has 0 spiro atoms. The van der Waals surface area contributed by atoms with Crippen molar-refractivity contribution in [3.63, 3.8) is 0 Å². The van der Waals surface area contributed by atoms with Crippen LogP contribution in [0.15, 0.2) is 85.1 Å². The minimum atomic E-state index is -0.797. The monoisotopic (exact) mass is 989 g/mol. The van der Waals surface area contributed by atoms with E-state index in [1.807, 2.05) is 0 Å². The Labute approximate surface area is 439 Å². The first-order chi connectivity index (χ1) is 35.0. The average Bonchev–Trinajstić information content (AvgIpc) is 3.37. The quantitative estimate of drug-likeness (QED) is 0.0261. The highest BCUT2D eigenvalue weighted by molar-refractivity contribution is 5.71. The number of hydrogen-bond acceptors (Lipinski definition) is 6. The molecule has 6 heteroatoms. The first-order valence-corrected chi connectivity index (χ1v) is 30.1. The number of rotatable bonds is 54. The summed E-state index contributed by atoms with van der Waals surface area (Å²) in [6.07, 6.45) is 77.1. The standard InChI is InChI=1S/C65H112O6/c1-4-7-10-13-16-19-22-25-28-30-32-34-37-39-42-45-48-51-54-57-63(66)69-60-62(71-65(68)59-56-53-50-47-44-41-36-27-24-21-18-15-12-9-6-3)61-70-64(67)58-55-52-49-46-43-40-38-35-33-31-29-26-23-20-17-14-11-8-5-2/h16-17,19-20,25-29,32,34,36,39,42,62H,4-15,18,21-24,30-31,33,35,37-38,40-41,43-61H2,1-3H3/b19-16-,20-17-,28-25-,29-26-,34-32-,36-27-,42-39-/t62-/m1/s1. The molecule has 0 aliphatic carbocycles. The number of carbonyl (C=O) groups is 3. The minimum absolute atomic E-state index is 0.0920. The summed E-state index contributed by atoms with van der Waals surface area (Å²) in [6, 6.07) is 0. The summed E-state index contributed by atoms with van der Waals surface area (Å²) in [5, 5.41) is 0. The SMILES string of the molecule is CCCCC/C=C\C/C=C\C/C=C\C/C=C\CCCCCC(=O)OC[C@H](COC(=O)CCCCCCCCCCC/C=C\C/C=C\CCCCC)OC(=O)CCCCCCC/C=C\CCCCCCCC. The van der Waals surface area contributed by atoms with E-state index in [0.29, 0.717) is 19.3 Å². The second-order valence-electron chi connectivity index (χ2n) is 19.9. The first kappa shape index (κ1) is 67.6. The fraction of sp³-hybridized carbons (Fsp3) is 0.738. The Morgan fingerprint density at radius 1 is 0.282 bits per heavy atom. The molecular formula is C65H112O6. The van der Waals surface area contributed by atoms with Gasteiger partial charge in [0.2, 0.25) is 0 Å². The molecule has 0 bridgehead atoms. The molecule has 0 N–H and O–H groups in total. The van der Waals surface area contributed by atoms with Gasteiger partial charge in [0.1, 0.15) is 13.2 Å². The lowest BCUT2D eigenvalue weighted by atomic mass is 10.1. The molecule has 6 nitrogen and oxygen atoms in total. The van der Waals surface area contributed by atoms with E-state index in [0.717, 1.165) is 103 Å². The predicted octanol–water partition coefficient (Wildman–Crippen LogP) is 20.3. The zero-order chi connectivity index (χ0) is 51.4. The van der Waals surface area contributed by atoms with Crippen LogP contribution in [0, 0.1) is 0 Å². The summed E-state index contributed by atoms with van der Waals surface area (Å²) in [6.45, 7) is 6.56. The van der Waals surface area contributed by atoms with Crippen molar-refractivity contribution in [3.8, 4) is 0 Å². The highest BCUT2D eigenvalue weighted by Crippen LogP contribution is 2.15. The van der Waals surface area contributed by atoms with Crippen molar-refractivity contribution in [2.24, 2.45) is 0 Å². The van der Waals surface area contributed by atoms with E-state index >= 15 is 0 Å². The predicted molar refractivity (Wildman–Crippen MR) is 307 cm³/mol. The number of hydrogen-bond donors (Lipinski definition) is 0. The normalized spacial score (nSPS) is 12.7. The Morgan fingerprint density at radius 3 is 0.845 bits per heavy atom. The molecule has 0 rings (SSSR count). The maximum absolute atomic E-state index is 12.9. The molecule has 0 saturated heterocycles. The Hall–Kier alpha value is -3.41. The number of allylic oxidation sites excluding steroid dienone is 14. The van der Waals surface area contributed by atoms with E-state index in [1.54, 1.807) is 0 Å². The number of esters is 3. The summed E-state index contributed by atoms with van der Waals surface area (Å²) in [5.41, 5.74) is 0. The van der Waals surface area contributed by atoms with Crippen LogP contribution in [0.5, 0.6) is 0 Å². The molecule has 0 aliphatic heterocycles. The summed E-state index contributed by atoms with van der Waals surface area (Å²) >= 11 is 0. The zero-order valence-electron chi connectivity index (χ0n) is 46.7. The molecule has 1 atom stereocenters. The van der Waals surface area contributed by atoms with E-state index in [-0.39, 0.29) is 31.1 Å². The van der Waals surface area contributed by atoms with E-state index in [1.165, 1.54) is 148 Å². The van der Waals surface area contributed by atoms with Crippen LogP contribution in [0.1, 0.15) is 290 Å². The molecular weight excluding hydrogens is 877 g/mol. The molecule has 0 aliphatic rings. The fourth-order valence-electron chi connectivity index (χ4n) is 8.27. The van der Waals surface area contributed by atoms with Crippen LogP contribution in [-0.4, -0.2) is 37.2 Å². The van der Waals surface area contributed by atoms with Crippen molar-refractivity contribution in [1.29, 1.82) is 0 Å². The van der Waals surface area contributed by atoms with Gasteiger partial charge in [-0.3, -0.25) is 14.4 Å². The number of ether oxygens (including phenoxy) is 3. The molecule has 71 heavy (non-hydrogen) atoms. The van der Waals surface area contributed by atoms with Crippen LogP contribution in [0.4, 0.5) is 0 Å².